The Hall–Kier alpha value is -2.24. The lowest BCUT2D eigenvalue weighted by molar-refractivity contribution is -0.119. The zero-order valence-corrected chi connectivity index (χ0v) is 13.3. The summed E-state index contributed by atoms with van der Waals surface area (Å²) in [5, 5.41) is 13.3. The molecule has 2 rings (SSSR count). The molecule has 0 aliphatic heterocycles. The van der Waals surface area contributed by atoms with Crippen LogP contribution in [0.3, 0.4) is 0 Å². The topological polar surface area (TPSA) is 79.2 Å². The van der Waals surface area contributed by atoms with Crippen molar-refractivity contribution < 1.29 is 18.7 Å². The summed E-state index contributed by atoms with van der Waals surface area (Å²) < 4.78 is 18.8. The van der Waals surface area contributed by atoms with Crippen molar-refractivity contribution in [3.63, 3.8) is 0 Å². The van der Waals surface area contributed by atoms with Gasteiger partial charge in [0, 0.05) is 4.47 Å². The molecule has 0 atom stereocenters. The van der Waals surface area contributed by atoms with E-state index in [-0.39, 0.29) is 5.56 Å². The van der Waals surface area contributed by atoms with E-state index in [1.54, 1.807) is 11.4 Å². The van der Waals surface area contributed by atoms with Gasteiger partial charge in [0.15, 0.2) is 6.61 Å². The first-order valence-electron chi connectivity index (χ1n) is 5.91. The second-order valence-electron chi connectivity index (χ2n) is 4.02. The fraction of sp³-hybridized carbons (Fsp3) is 0.0714. The Labute approximate surface area is 137 Å². The number of nitrogens with one attached hydrogen (secondary N) is 1. The van der Waals surface area contributed by atoms with Crippen molar-refractivity contribution in [2.45, 2.75) is 0 Å². The number of esters is 1. The van der Waals surface area contributed by atoms with Crippen LogP contribution in [0.5, 0.6) is 0 Å². The lowest BCUT2D eigenvalue weighted by Gasteiger charge is -2.06. The molecule has 0 unspecified atom stereocenters. The van der Waals surface area contributed by atoms with E-state index in [1.165, 1.54) is 23.5 Å². The summed E-state index contributed by atoms with van der Waals surface area (Å²) in [6, 6.07) is 7.30. The molecule has 0 fully saturated rings. The van der Waals surface area contributed by atoms with Crippen LogP contribution in [-0.2, 0) is 9.53 Å². The summed E-state index contributed by atoms with van der Waals surface area (Å²) >= 11 is 4.29. The molecule has 0 radical (unpaired) electrons. The van der Waals surface area contributed by atoms with Crippen LogP contribution >= 0.6 is 27.3 Å². The van der Waals surface area contributed by atoms with E-state index in [1.807, 2.05) is 6.07 Å². The average molecular weight is 383 g/mol. The number of hydrogen-bond acceptors (Lipinski definition) is 5. The summed E-state index contributed by atoms with van der Waals surface area (Å²) in [6.45, 7) is -0.576. The number of carbonyl (C=O) groups is 2. The number of rotatable bonds is 4. The molecular weight excluding hydrogens is 375 g/mol. The van der Waals surface area contributed by atoms with Gasteiger partial charge in [-0.1, -0.05) is 15.9 Å². The summed E-state index contributed by atoms with van der Waals surface area (Å²) in [7, 11) is 0. The molecule has 0 aliphatic rings. The third-order valence-electron chi connectivity index (χ3n) is 2.52. The first-order chi connectivity index (χ1) is 10.5. The van der Waals surface area contributed by atoms with E-state index in [0.717, 1.165) is 6.07 Å². The van der Waals surface area contributed by atoms with Crippen LogP contribution in [0.2, 0.25) is 0 Å². The number of amides is 1. The van der Waals surface area contributed by atoms with E-state index in [0.29, 0.717) is 15.0 Å². The Bertz CT molecular complexity index is 770. The fourth-order valence-corrected chi connectivity index (χ4v) is 2.63. The van der Waals surface area contributed by atoms with Gasteiger partial charge >= 0.3 is 5.97 Å². The average Bonchev–Trinajstić information content (AvgIpc) is 2.94. The van der Waals surface area contributed by atoms with E-state index in [4.69, 9.17) is 10.00 Å². The van der Waals surface area contributed by atoms with Crippen molar-refractivity contribution >= 4 is 44.1 Å². The van der Waals surface area contributed by atoms with Crippen LogP contribution in [0.15, 0.2) is 34.1 Å². The van der Waals surface area contributed by atoms with Gasteiger partial charge in [-0.3, -0.25) is 4.79 Å². The van der Waals surface area contributed by atoms with Gasteiger partial charge in [-0.15, -0.1) is 11.3 Å². The monoisotopic (exact) mass is 382 g/mol. The largest absolute Gasteiger partial charge is 0.452 e. The standard InChI is InChI=1S/C14H8BrFN2O3S/c15-9-1-2-11(16)10(5-9)14(20)21-7-12(19)18-13-8(6-17)3-4-22-13/h1-5H,7H2,(H,18,19). The number of thiophene rings is 1. The summed E-state index contributed by atoms with van der Waals surface area (Å²) in [4.78, 5) is 23.4. The Morgan fingerprint density at radius 2 is 2.18 bits per heavy atom. The second-order valence-corrected chi connectivity index (χ2v) is 5.86. The zero-order chi connectivity index (χ0) is 16.1. The van der Waals surface area contributed by atoms with Crippen LogP contribution in [0.1, 0.15) is 15.9 Å². The highest BCUT2D eigenvalue weighted by Gasteiger charge is 2.16. The quantitative estimate of drug-likeness (QED) is 0.822. The van der Waals surface area contributed by atoms with Gasteiger partial charge in [0.25, 0.3) is 5.91 Å². The van der Waals surface area contributed by atoms with Crippen LogP contribution < -0.4 is 5.32 Å². The molecule has 112 valence electrons. The van der Waals surface area contributed by atoms with Crippen LogP contribution in [-0.4, -0.2) is 18.5 Å². The van der Waals surface area contributed by atoms with Gasteiger partial charge < -0.3 is 10.1 Å². The van der Waals surface area contributed by atoms with Crippen molar-refractivity contribution in [3.05, 3.63) is 51.1 Å². The molecule has 1 heterocycles. The minimum atomic E-state index is -0.944. The molecule has 5 nitrogen and oxygen atoms in total. The summed E-state index contributed by atoms with van der Waals surface area (Å²) in [6.07, 6.45) is 0. The number of hydrogen-bond donors (Lipinski definition) is 1. The van der Waals surface area contributed by atoms with Gasteiger partial charge in [0.1, 0.15) is 16.9 Å². The lowest BCUT2D eigenvalue weighted by Crippen LogP contribution is -2.21. The van der Waals surface area contributed by atoms with Crippen LogP contribution in [0.25, 0.3) is 0 Å². The van der Waals surface area contributed by atoms with Crippen molar-refractivity contribution in [1.29, 1.82) is 5.26 Å². The fourth-order valence-electron chi connectivity index (χ4n) is 1.52. The van der Waals surface area contributed by atoms with E-state index >= 15 is 0 Å². The van der Waals surface area contributed by atoms with Gasteiger partial charge in [0.2, 0.25) is 0 Å². The van der Waals surface area contributed by atoms with Crippen molar-refractivity contribution in [3.8, 4) is 6.07 Å². The molecular formula is C14H8BrFN2O3S. The molecule has 0 saturated carbocycles. The van der Waals surface area contributed by atoms with Gasteiger partial charge in [0.05, 0.1) is 11.1 Å². The SMILES string of the molecule is N#Cc1ccsc1NC(=O)COC(=O)c1cc(Br)ccc1F. The predicted octanol–water partition coefficient (Wildman–Crippen LogP) is 3.32. The Morgan fingerprint density at radius 3 is 2.91 bits per heavy atom. The molecule has 2 aromatic rings. The number of benzene rings is 1. The Kier molecular flexibility index (Phi) is 5.25. The van der Waals surface area contributed by atoms with Gasteiger partial charge in [-0.25, -0.2) is 9.18 Å². The maximum atomic E-state index is 13.5. The molecule has 1 amide bonds. The number of halogens is 2. The molecule has 1 aromatic heterocycles. The van der Waals surface area contributed by atoms with E-state index in [9.17, 15) is 14.0 Å². The molecule has 1 N–H and O–H groups in total. The molecule has 8 heteroatoms. The van der Waals surface area contributed by atoms with Gasteiger partial charge in [-0.2, -0.15) is 5.26 Å². The molecule has 1 aromatic carbocycles. The van der Waals surface area contributed by atoms with E-state index in [2.05, 4.69) is 21.2 Å². The maximum absolute atomic E-state index is 13.5. The minimum absolute atomic E-state index is 0.268. The van der Waals surface area contributed by atoms with Crippen LogP contribution in [0, 0.1) is 17.1 Å². The number of ether oxygens (including phenoxy) is 1. The highest BCUT2D eigenvalue weighted by atomic mass is 79.9. The van der Waals surface area contributed by atoms with Crippen LogP contribution in [0.4, 0.5) is 9.39 Å². The highest BCUT2D eigenvalue weighted by Crippen LogP contribution is 2.22. The minimum Gasteiger partial charge on any atom is -0.452 e. The van der Waals surface area contributed by atoms with Crippen molar-refractivity contribution in [2.75, 3.05) is 11.9 Å². The number of carbonyl (C=O) groups excluding carboxylic acids is 2. The number of nitrogens with zero attached hydrogens (tertiary/aromatic N) is 1. The summed E-state index contributed by atoms with van der Waals surface area (Å²) in [5.74, 6) is -2.29. The number of nitriles is 1. The Morgan fingerprint density at radius 1 is 1.41 bits per heavy atom. The summed E-state index contributed by atoms with van der Waals surface area (Å²) in [5.41, 5.74) is 0.0544. The van der Waals surface area contributed by atoms with Crippen molar-refractivity contribution in [1.82, 2.24) is 0 Å². The number of anilines is 1. The molecule has 0 spiro atoms. The van der Waals surface area contributed by atoms with E-state index < -0.39 is 24.3 Å². The normalized spacial score (nSPS) is 9.86. The Balaban J connectivity index is 1.95. The smallest absolute Gasteiger partial charge is 0.341 e. The predicted molar refractivity (Wildman–Crippen MR) is 82.0 cm³/mol. The molecule has 22 heavy (non-hydrogen) atoms. The molecule has 0 bridgehead atoms. The lowest BCUT2D eigenvalue weighted by atomic mass is 10.2. The third-order valence-corrected chi connectivity index (χ3v) is 3.84. The van der Waals surface area contributed by atoms with Crippen molar-refractivity contribution in [2.24, 2.45) is 0 Å². The molecule has 0 aliphatic carbocycles. The first-order valence-corrected chi connectivity index (χ1v) is 7.58. The zero-order valence-electron chi connectivity index (χ0n) is 10.9. The van der Waals surface area contributed by atoms with Gasteiger partial charge in [-0.05, 0) is 29.6 Å². The molecule has 0 saturated heterocycles. The first kappa shape index (κ1) is 16.1. The second kappa shape index (κ2) is 7.15. The highest BCUT2D eigenvalue weighted by molar-refractivity contribution is 9.10. The third kappa shape index (κ3) is 3.90. The maximum Gasteiger partial charge on any atom is 0.341 e.